The van der Waals surface area contributed by atoms with Crippen molar-refractivity contribution in [3.63, 3.8) is 0 Å². The molecular weight excluding hydrogens is 392 g/mol. The summed E-state index contributed by atoms with van der Waals surface area (Å²) in [5.41, 5.74) is 0.481. The molecule has 5 heterocycles. The summed E-state index contributed by atoms with van der Waals surface area (Å²) >= 11 is 0. The minimum Gasteiger partial charge on any atom is -0.480 e. The van der Waals surface area contributed by atoms with Crippen LogP contribution in [0.15, 0.2) is 6.20 Å². The Kier molecular flexibility index (Phi) is 5.18. The lowest BCUT2D eigenvalue weighted by Gasteiger charge is -2.31. The summed E-state index contributed by atoms with van der Waals surface area (Å²) in [5, 5.41) is 3.94. The molecule has 162 valence electrons. The Labute approximate surface area is 174 Å². The van der Waals surface area contributed by atoms with E-state index in [1.807, 2.05) is 0 Å². The largest absolute Gasteiger partial charge is 0.480 e. The number of alkyl halides is 1. The lowest BCUT2D eigenvalue weighted by molar-refractivity contribution is 0.107. The fourth-order valence-corrected chi connectivity index (χ4v) is 5.29. The Hall–Kier alpha value is -2.13. The standard InChI is InChI=1S/C21H27F2N5O2/c1-29-19-16-17(14(23)10-25-19)26-20(27-18(16)15-5-2-3-7-24-15)30-12-21-6-4-8-28(21)11-13(22)9-21/h10,13,15,24H,2-9,11-12H2,1H3/t13-,15?,21+/m1/s1. The number of nitrogens with one attached hydrogen (secondary N) is 1. The Morgan fingerprint density at radius 1 is 1.30 bits per heavy atom. The number of pyridine rings is 1. The van der Waals surface area contributed by atoms with Crippen LogP contribution in [0.4, 0.5) is 8.78 Å². The monoisotopic (exact) mass is 419 g/mol. The third-order valence-corrected chi connectivity index (χ3v) is 6.72. The van der Waals surface area contributed by atoms with Gasteiger partial charge < -0.3 is 14.8 Å². The lowest BCUT2D eigenvalue weighted by atomic mass is 9.95. The molecule has 2 aromatic rings. The van der Waals surface area contributed by atoms with E-state index in [0.29, 0.717) is 36.5 Å². The minimum absolute atomic E-state index is 0.0491. The number of hydrogen-bond acceptors (Lipinski definition) is 7. The molecule has 9 heteroatoms. The van der Waals surface area contributed by atoms with E-state index in [1.54, 1.807) is 0 Å². The van der Waals surface area contributed by atoms with Crippen molar-refractivity contribution in [3.05, 3.63) is 17.7 Å². The first-order valence-corrected chi connectivity index (χ1v) is 10.7. The van der Waals surface area contributed by atoms with Crippen LogP contribution in [0.1, 0.15) is 50.3 Å². The van der Waals surface area contributed by atoms with Crippen molar-refractivity contribution in [2.45, 2.75) is 56.3 Å². The Bertz CT molecular complexity index is 939. The van der Waals surface area contributed by atoms with Gasteiger partial charge in [-0.25, -0.2) is 13.8 Å². The molecule has 5 rings (SSSR count). The zero-order valence-electron chi connectivity index (χ0n) is 17.2. The Morgan fingerprint density at radius 3 is 3.00 bits per heavy atom. The SMILES string of the molecule is COc1ncc(F)c2nc(OC[C@@]34CCCN3C[C@H](F)C4)nc(C3CCCCN3)c12. The Morgan fingerprint density at radius 2 is 2.20 bits per heavy atom. The zero-order chi connectivity index (χ0) is 20.7. The zero-order valence-corrected chi connectivity index (χ0v) is 17.2. The first-order valence-electron chi connectivity index (χ1n) is 10.7. The summed E-state index contributed by atoms with van der Waals surface area (Å²) in [4.78, 5) is 15.3. The molecule has 0 spiro atoms. The van der Waals surface area contributed by atoms with Crippen molar-refractivity contribution in [3.8, 4) is 11.9 Å². The van der Waals surface area contributed by atoms with Gasteiger partial charge in [0.05, 0.1) is 36.0 Å². The predicted molar refractivity (Wildman–Crippen MR) is 107 cm³/mol. The first-order chi connectivity index (χ1) is 14.6. The molecule has 0 amide bonds. The highest BCUT2D eigenvalue weighted by atomic mass is 19.1. The van der Waals surface area contributed by atoms with Gasteiger partial charge in [0.1, 0.15) is 18.3 Å². The average molecular weight is 419 g/mol. The van der Waals surface area contributed by atoms with E-state index in [1.165, 1.54) is 7.11 Å². The second-order valence-corrected chi connectivity index (χ2v) is 8.60. The van der Waals surface area contributed by atoms with E-state index >= 15 is 0 Å². The third kappa shape index (κ3) is 3.37. The number of halogens is 2. The molecule has 30 heavy (non-hydrogen) atoms. The molecule has 0 radical (unpaired) electrons. The maximum atomic E-state index is 14.7. The molecule has 2 aromatic heterocycles. The molecule has 0 aliphatic carbocycles. The van der Waals surface area contributed by atoms with Crippen molar-refractivity contribution in [2.24, 2.45) is 0 Å². The smallest absolute Gasteiger partial charge is 0.317 e. The van der Waals surface area contributed by atoms with Crippen LogP contribution < -0.4 is 14.8 Å². The lowest BCUT2D eigenvalue weighted by Crippen LogP contribution is -2.43. The number of rotatable bonds is 5. The van der Waals surface area contributed by atoms with Gasteiger partial charge >= 0.3 is 6.01 Å². The molecule has 3 saturated heterocycles. The molecule has 3 fully saturated rings. The molecule has 0 aromatic carbocycles. The molecule has 0 saturated carbocycles. The van der Waals surface area contributed by atoms with Crippen molar-refractivity contribution >= 4 is 10.9 Å². The van der Waals surface area contributed by atoms with Gasteiger partial charge in [0.15, 0.2) is 5.82 Å². The summed E-state index contributed by atoms with van der Waals surface area (Å²) in [6.07, 6.45) is 5.69. The predicted octanol–water partition coefficient (Wildman–Crippen LogP) is 2.94. The van der Waals surface area contributed by atoms with Gasteiger partial charge in [-0.1, -0.05) is 6.42 Å². The molecule has 7 nitrogen and oxygen atoms in total. The van der Waals surface area contributed by atoms with E-state index in [-0.39, 0.29) is 23.1 Å². The van der Waals surface area contributed by atoms with Crippen LogP contribution in [0.5, 0.6) is 11.9 Å². The highest BCUT2D eigenvalue weighted by molar-refractivity contribution is 5.86. The molecule has 3 aliphatic heterocycles. The fraction of sp³-hybridized carbons (Fsp3) is 0.667. The highest BCUT2D eigenvalue weighted by Gasteiger charge is 2.49. The van der Waals surface area contributed by atoms with Gasteiger partial charge in [-0.2, -0.15) is 9.97 Å². The summed E-state index contributed by atoms with van der Waals surface area (Å²) in [6.45, 7) is 2.52. The quantitative estimate of drug-likeness (QED) is 0.799. The van der Waals surface area contributed by atoms with E-state index < -0.39 is 12.0 Å². The molecular formula is C21H27F2N5O2. The topological polar surface area (TPSA) is 72.4 Å². The van der Waals surface area contributed by atoms with E-state index in [0.717, 1.165) is 51.4 Å². The molecule has 3 atom stereocenters. The van der Waals surface area contributed by atoms with Crippen molar-refractivity contribution < 1.29 is 18.3 Å². The summed E-state index contributed by atoms with van der Waals surface area (Å²) < 4.78 is 40.2. The van der Waals surface area contributed by atoms with Crippen LogP contribution >= 0.6 is 0 Å². The normalized spacial score (nSPS) is 29.3. The van der Waals surface area contributed by atoms with Crippen LogP contribution in [-0.4, -0.2) is 64.9 Å². The van der Waals surface area contributed by atoms with Crippen molar-refractivity contribution in [1.82, 2.24) is 25.2 Å². The maximum absolute atomic E-state index is 14.7. The van der Waals surface area contributed by atoms with E-state index in [4.69, 9.17) is 9.47 Å². The average Bonchev–Trinajstić information content (AvgIpc) is 3.29. The van der Waals surface area contributed by atoms with Crippen molar-refractivity contribution in [1.29, 1.82) is 0 Å². The second-order valence-electron chi connectivity index (χ2n) is 8.60. The van der Waals surface area contributed by atoms with Gasteiger partial charge in [-0.05, 0) is 38.8 Å². The van der Waals surface area contributed by atoms with Crippen LogP contribution in [0.25, 0.3) is 10.9 Å². The summed E-state index contributed by atoms with van der Waals surface area (Å²) in [5.74, 6) is -0.239. The van der Waals surface area contributed by atoms with Gasteiger partial charge in [-0.15, -0.1) is 0 Å². The minimum atomic E-state index is -0.832. The molecule has 1 N–H and O–H groups in total. The number of hydrogen-bond donors (Lipinski definition) is 1. The molecule has 0 bridgehead atoms. The fourth-order valence-electron chi connectivity index (χ4n) is 5.29. The molecule has 3 aliphatic rings. The van der Waals surface area contributed by atoms with Crippen LogP contribution in [-0.2, 0) is 0 Å². The van der Waals surface area contributed by atoms with E-state index in [9.17, 15) is 8.78 Å². The maximum Gasteiger partial charge on any atom is 0.317 e. The third-order valence-electron chi connectivity index (χ3n) is 6.72. The Balaban J connectivity index is 1.52. The van der Waals surface area contributed by atoms with Crippen LogP contribution in [0.2, 0.25) is 0 Å². The van der Waals surface area contributed by atoms with Gasteiger partial charge in [0, 0.05) is 13.0 Å². The van der Waals surface area contributed by atoms with E-state index in [2.05, 4.69) is 25.2 Å². The van der Waals surface area contributed by atoms with Crippen LogP contribution in [0.3, 0.4) is 0 Å². The van der Waals surface area contributed by atoms with Gasteiger partial charge in [-0.3, -0.25) is 4.90 Å². The number of fused-ring (bicyclic) bond motifs is 2. The number of ether oxygens (including phenoxy) is 2. The first kappa shape index (κ1) is 19.8. The summed E-state index contributed by atoms with van der Waals surface area (Å²) in [6, 6.07) is 0.0764. The van der Waals surface area contributed by atoms with Gasteiger partial charge in [0.25, 0.3) is 0 Å². The summed E-state index contributed by atoms with van der Waals surface area (Å²) in [7, 11) is 1.50. The number of piperidine rings is 1. The highest BCUT2D eigenvalue weighted by Crippen LogP contribution is 2.41. The van der Waals surface area contributed by atoms with Crippen LogP contribution in [0, 0.1) is 5.82 Å². The van der Waals surface area contributed by atoms with Gasteiger partial charge in [0.2, 0.25) is 5.88 Å². The number of methoxy groups -OCH3 is 1. The molecule has 1 unspecified atom stereocenters. The second kappa shape index (κ2) is 7.85. The number of aromatic nitrogens is 3. The van der Waals surface area contributed by atoms with Crippen molar-refractivity contribution in [2.75, 3.05) is 33.4 Å². The number of nitrogens with zero attached hydrogens (tertiary/aromatic N) is 4.